The lowest BCUT2D eigenvalue weighted by atomic mass is 10.1. The molecule has 23 nitrogen and oxygen atoms in total. The van der Waals surface area contributed by atoms with E-state index in [1.54, 1.807) is 55.5 Å². The number of nitriles is 1. The summed E-state index contributed by atoms with van der Waals surface area (Å²) in [5.74, 6) is -0.362. The van der Waals surface area contributed by atoms with Crippen LogP contribution in [0, 0.1) is 18.3 Å². The summed E-state index contributed by atoms with van der Waals surface area (Å²) in [5, 5.41) is 77.1. The Hall–Kier alpha value is -6.51. The molecule has 2 heterocycles. The maximum absolute atomic E-state index is 12.4. The lowest BCUT2D eigenvalue weighted by Gasteiger charge is -2.13. The van der Waals surface area contributed by atoms with Crippen LogP contribution in [0.25, 0.3) is 16.7 Å². The minimum absolute atomic E-state index is 0.00319. The molecule has 0 saturated carbocycles. The van der Waals surface area contributed by atoms with E-state index >= 15 is 0 Å². The fourth-order valence-corrected chi connectivity index (χ4v) is 6.26. The predicted molar refractivity (Wildman–Crippen MR) is 219 cm³/mol. The van der Waals surface area contributed by atoms with Gasteiger partial charge >= 0.3 is 0 Å². The molecule has 0 aliphatic heterocycles. The quantitative estimate of drug-likeness (QED) is 0.0179. The fourth-order valence-electron chi connectivity index (χ4n) is 5.26. The van der Waals surface area contributed by atoms with E-state index in [1.807, 2.05) is 0 Å². The highest BCUT2D eigenvalue weighted by Gasteiger charge is 2.22. The highest BCUT2D eigenvalue weighted by Crippen LogP contribution is 2.44. The van der Waals surface area contributed by atoms with Gasteiger partial charge in [-0.1, -0.05) is 17.2 Å². The summed E-state index contributed by atoms with van der Waals surface area (Å²) in [6, 6.07) is 21.7. The van der Waals surface area contributed by atoms with Crippen LogP contribution in [0.2, 0.25) is 0 Å². The molecule has 0 amide bonds. The van der Waals surface area contributed by atoms with Crippen molar-refractivity contribution < 1.29 is 65.4 Å². The minimum atomic E-state index is -4.87. The van der Waals surface area contributed by atoms with Crippen molar-refractivity contribution in [3.63, 3.8) is 0 Å². The van der Waals surface area contributed by atoms with Crippen LogP contribution in [0.3, 0.4) is 0 Å². The number of hydrogen-bond acceptors (Lipinski definition) is 21. The monoisotopic (exact) mass is 911 g/mol. The summed E-state index contributed by atoms with van der Waals surface area (Å²) in [6.45, 7) is 0.362. The number of ether oxygens (including phenoxy) is 2. The molecule has 0 saturated heterocycles. The van der Waals surface area contributed by atoms with E-state index in [-0.39, 0.29) is 70.2 Å². The number of imidazole rings is 1. The van der Waals surface area contributed by atoms with E-state index in [2.05, 4.69) is 51.1 Å². The predicted octanol–water partition coefficient (Wildman–Crippen LogP) is 7.54. The van der Waals surface area contributed by atoms with E-state index < -0.39 is 38.3 Å². The Morgan fingerprint density at radius 2 is 1.35 bits per heavy atom. The van der Waals surface area contributed by atoms with Gasteiger partial charge in [0.05, 0.1) is 53.9 Å². The Kier molecular flexibility index (Phi) is 15.6. The van der Waals surface area contributed by atoms with Crippen molar-refractivity contribution in [1.29, 1.82) is 5.26 Å². The van der Waals surface area contributed by atoms with Crippen molar-refractivity contribution in [2.24, 2.45) is 30.7 Å². The molecule has 0 aliphatic rings. The second-order valence-electron chi connectivity index (χ2n) is 12.2. The number of para-hydroxylation sites is 2. The van der Waals surface area contributed by atoms with Gasteiger partial charge in [0.1, 0.15) is 58.3 Å². The Balaban J connectivity index is 0.00000137. The standard InChI is InChI=1S/C35H29N9O11S2.CH4O3S/c1-20-24(19-36)34-37-25-4-2-3-5-29(25)44(34)35(47)33(20)43-42-28-18-30(52-14-12-45)27(17-31(28)53-15-13-46)41-40-26-11-8-22(16-32(26)57(49,50)51)39-38-21-6-9-23(10-7-21)56-55-54-48;1-5(2,3)4/h2-11,16-18,45-48H,12-15H2,1H3,(H,49,50,51);1H3,(H,2,3,4). The average molecular weight is 912 g/mol. The van der Waals surface area contributed by atoms with Crippen molar-refractivity contribution >= 4 is 83.1 Å². The maximum atomic E-state index is 12.4. The molecule has 0 aliphatic carbocycles. The van der Waals surface area contributed by atoms with Crippen molar-refractivity contribution in [3.05, 3.63) is 90.0 Å². The normalized spacial score (nSPS) is 12.0. The Morgan fingerprint density at radius 1 is 0.790 bits per heavy atom. The molecule has 4 aromatic carbocycles. The maximum Gasteiger partial charge on any atom is 0.296 e. The summed E-state index contributed by atoms with van der Waals surface area (Å²) in [4.78, 5) is 4.42. The van der Waals surface area contributed by atoms with Gasteiger partial charge in [0.2, 0.25) is 5.88 Å². The zero-order valence-corrected chi connectivity index (χ0v) is 34.5. The van der Waals surface area contributed by atoms with Crippen molar-refractivity contribution in [1.82, 2.24) is 9.38 Å². The Bertz CT molecular complexity index is 2930. The second kappa shape index (κ2) is 20.8. The molecule has 6 aromatic rings. The van der Waals surface area contributed by atoms with Crippen molar-refractivity contribution in [2.75, 3.05) is 32.7 Å². The first kappa shape index (κ1) is 46.6. The second-order valence-corrected chi connectivity index (χ2v) is 15.8. The topological polar surface area (TPSA) is 342 Å². The molecule has 0 bridgehead atoms. The number of hydrogen-bond donors (Lipinski definition) is 6. The minimum Gasteiger partial charge on any atom is -0.493 e. The largest absolute Gasteiger partial charge is 0.493 e. The fraction of sp³-hybridized carbons (Fsp3) is 0.167. The van der Waals surface area contributed by atoms with E-state index in [1.165, 1.54) is 28.7 Å². The molecule has 0 atom stereocenters. The van der Waals surface area contributed by atoms with Gasteiger partial charge in [-0.15, -0.1) is 24.8 Å². The molecule has 324 valence electrons. The molecule has 6 N–H and O–H groups in total. The van der Waals surface area contributed by atoms with E-state index in [9.17, 15) is 42.0 Å². The SMILES string of the molecule is CS(=O)(=O)O.Cc1c(N=Nc2cc(OCCO)c(N=Nc3ccc(N=Nc4ccc(SOOO)cc4)cc3S(=O)(=O)O)cc2OCCO)c(O)n2c(nc3ccccc32)c1C#N. The molecular formula is C36H33N9O14S3. The molecule has 0 fully saturated rings. The van der Waals surface area contributed by atoms with Crippen LogP contribution >= 0.6 is 12.0 Å². The number of aliphatic hydroxyl groups is 2. The first-order valence-corrected chi connectivity index (χ1v) is 21.3. The lowest BCUT2D eigenvalue weighted by Crippen LogP contribution is -2.04. The third-order valence-electron chi connectivity index (χ3n) is 7.81. The molecule has 26 heteroatoms. The van der Waals surface area contributed by atoms with Gasteiger partial charge in [0.25, 0.3) is 20.2 Å². The van der Waals surface area contributed by atoms with E-state index in [4.69, 9.17) is 19.3 Å². The Morgan fingerprint density at radius 3 is 1.94 bits per heavy atom. The van der Waals surface area contributed by atoms with Crippen LogP contribution in [0.15, 0.2) is 119 Å². The third-order valence-corrected chi connectivity index (χ3v) is 9.29. The van der Waals surface area contributed by atoms with Gasteiger partial charge in [-0.2, -0.15) is 32.3 Å². The lowest BCUT2D eigenvalue weighted by molar-refractivity contribution is -0.432. The van der Waals surface area contributed by atoms with Crippen LogP contribution in [0.4, 0.5) is 34.1 Å². The molecule has 6 rings (SSSR count). The summed E-state index contributed by atoms with van der Waals surface area (Å²) in [5.41, 5.74) is 1.80. The van der Waals surface area contributed by atoms with Gasteiger partial charge in [-0.3, -0.25) is 13.5 Å². The molecule has 0 unspecified atom stereocenters. The average Bonchev–Trinajstić information content (AvgIpc) is 3.62. The highest BCUT2D eigenvalue weighted by molar-refractivity contribution is 7.94. The number of rotatable bonds is 16. The van der Waals surface area contributed by atoms with Crippen molar-refractivity contribution in [2.45, 2.75) is 16.7 Å². The first-order valence-electron chi connectivity index (χ1n) is 17.3. The number of aliphatic hydroxyl groups excluding tert-OH is 2. The van der Waals surface area contributed by atoms with Crippen LogP contribution in [-0.2, 0) is 29.6 Å². The number of azo groups is 3. The number of pyridine rings is 1. The van der Waals surface area contributed by atoms with Crippen LogP contribution in [0.5, 0.6) is 17.4 Å². The smallest absolute Gasteiger partial charge is 0.296 e. The van der Waals surface area contributed by atoms with E-state index in [0.29, 0.717) is 33.4 Å². The Labute approximate surface area is 355 Å². The summed E-state index contributed by atoms with van der Waals surface area (Å²) >= 11 is 0.743. The van der Waals surface area contributed by atoms with Gasteiger partial charge in [0, 0.05) is 22.6 Å². The third kappa shape index (κ3) is 12.1. The zero-order chi connectivity index (χ0) is 45.0. The zero-order valence-electron chi connectivity index (χ0n) is 32.0. The summed E-state index contributed by atoms with van der Waals surface area (Å²) in [6.07, 6.45) is 0.715. The van der Waals surface area contributed by atoms with Crippen LogP contribution < -0.4 is 9.47 Å². The summed E-state index contributed by atoms with van der Waals surface area (Å²) in [7, 11) is -8.54. The molecular weight excluding hydrogens is 879 g/mol. The first-order chi connectivity index (χ1) is 29.6. The number of aromatic hydroxyl groups is 1. The van der Waals surface area contributed by atoms with Gasteiger partial charge in [0.15, 0.2) is 11.3 Å². The molecule has 0 spiro atoms. The number of fused-ring (bicyclic) bond motifs is 3. The van der Waals surface area contributed by atoms with Crippen molar-refractivity contribution in [3.8, 4) is 23.4 Å². The molecule has 62 heavy (non-hydrogen) atoms. The molecule has 0 radical (unpaired) electrons. The van der Waals surface area contributed by atoms with Gasteiger partial charge in [-0.25, -0.2) is 10.2 Å². The van der Waals surface area contributed by atoms with E-state index in [0.717, 1.165) is 18.1 Å². The van der Waals surface area contributed by atoms with Crippen LogP contribution in [-0.4, -0.2) is 88.6 Å². The highest BCUT2D eigenvalue weighted by atomic mass is 32.2. The number of aromatic nitrogens is 2. The summed E-state index contributed by atoms with van der Waals surface area (Å²) < 4.78 is 77.9. The molecule has 2 aromatic heterocycles. The van der Waals surface area contributed by atoms with Crippen LogP contribution in [0.1, 0.15) is 11.1 Å². The number of nitrogens with zero attached hydrogens (tertiary/aromatic N) is 9. The van der Waals surface area contributed by atoms with Gasteiger partial charge < -0.3 is 24.8 Å². The number of benzene rings is 4. The van der Waals surface area contributed by atoms with Gasteiger partial charge in [-0.05, 0) is 61.5 Å².